The van der Waals surface area contributed by atoms with E-state index in [1.165, 1.54) is 24.3 Å². The summed E-state index contributed by atoms with van der Waals surface area (Å²) < 4.78 is 5.68. The number of phenolic OH excluding ortho intramolecular Hbond substituents is 1. The lowest BCUT2D eigenvalue weighted by Gasteiger charge is -2.11. The van der Waals surface area contributed by atoms with Gasteiger partial charge in [-0.2, -0.15) is 5.26 Å². The van der Waals surface area contributed by atoms with Crippen LogP contribution < -0.4 is 10.1 Å². The summed E-state index contributed by atoms with van der Waals surface area (Å²) in [7, 11) is 0. The first kappa shape index (κ1) is 18.6. The first-order valence-electron chi connectivity index (χ1n) is 7.73. The van der Waals surface area contributed by atoms with Crippen molar-refractivity contribution in [2.75, 3.05) is 5.32 Å². The van der Waals surface area contributed by atoms with Gasteiger partial charge in [0, 0.05) is 10.7 Å². The number of carbonyl (C=O) groups is 1. The summed E-state index contributed by atoms with van der Waals surface area (Å²) in [5.41, 5.74) is 0.671. The maximum absolute atomic E-state index is 12.4. The van der Waals surface area contributed by atoms with E-state index >= 15 is 0 Å². The number of halogens is 2. The Balaban J connectivity index is 1.77. The summed E-state index contributed by atoms with van der Waals surface area (Å²) in [5, 5.41) is 22.3. The number of phenols is 1. The standard InChI is InChI=1S/C20H12Cl2N2O3/c21-13-2-5-15(6-3-13)27-19-8-4-14(10-17(19)22)24-20(26)16-9-12(11-23)1-7-18(16)25/h1-10,25H,(H,24,26). The number of rotatable bonds is 4. The third kappa shape index (κ3) is 4.50. The third-order valence-electron chi connectivity index (χ3n) is 3.60. The van der Waals surface area contributed by atoms with Crippen molar-refractivity contribution in [3.63, 3.8) is 0 Å². The minimum atomic E-state index is -0.563. The van der Waals surface area contributed by atoms with Crippen molar-refractivity contribution in [3.8, 4) is 23.3 Å². The minimum absolute atomic E-state index is 0.00772. The monoisotopic (exact) mass is 398 g/mol. The minimum Gasteiger partial charge on any atom is -0.507 e. The average Bonchev–Trinajstić information content (AvgIpc) is 2.66. The Hall–Kier alpha value is -3.20. The first-order valence-corrected chi connectivity index (χ1v) is 8.49. The van der Waals surface area contributed by atoms with Crippen molar-refractivity contribution < 1.29 is 14.6 Å². The number of aromatic hydroxyl groups is 1. The highest BCUT2D eigenvalue weighted by Crippen LogP contribution is 2.32. The first-order chi connectivity index (χ1) is 13.0. The molecular formula is C20H12Cl2N2O3. The average molecular weight is 399 g/mol. The van der Waals surface area contributed by atoms with E-state index < -0.39 is 5.91 Å². The van der Waals surface area contributed by atoms with Gasteiger partial charge in [-0.1, -0.05) is 23.2 Å². The number of amides is 1. The molecule has 3 aromatic rings. The van der Waals surface area contributed by atoms with Gasteiger partial charge in [-0.3, -0.25) is 4.79 Å². The van der Waals surface area contributed by atoms with Crippen molar-refractivity contribution >= 4 is 34.8 Å². The van der Waals surface area contributed by atoms with E-state index in [0.29, 0.717) is 22.2 Å². The number of ether oxygens (including phenoxy) is 1. The van der Waals surface area contributed by atoms with Crippen LogP contribution in [0.1, 0.15) is 15.9 Å². The summed E-state index contributed by atoms with van der Waals surface area (Å²) >= 11 is 12.1. The molecule has 0 saturated carbocycles. The second-order valence-corrected chi connectivity index (χ2v) is 6.34. The molecule has 27 heavy (non-hydrogen) atoms. The second kappa shape index (κ2) is 8.00. The molecule has 0 bridgehead atoms. The van der Waals surface area contributed by atoms with E-state index in [-0.39, 0.29) is 21.9 Å². The van der Waals surface area contributed by atoms with Gasteiger partial charge in [-0.25, -0.2) is 0 Å². The highest BCUT2D eigenvalue weighted by atomic mass is 35.5. The molecule has 0 heterocycles. The van der Waals surface area contributed by atoms with Crippen LogP contribution in [-0.2, 0) is 0 Å². The molecule has 3 aromatic carbocycles. The predicted octanol–water partition coefficient (Wildman–Crippen LogP) is 5.62. The SMILES string of the molecule is N#Cc1ccc(O)c(C(=O)Nc2ccc(Oc3ccc(Cl)cc3)c(Cl)c2)c1. The van der Waals surface area contributed by atoms with Gasteiger partial charge in [0.25, 0.3) is 5.91 Å². The molecule has 134 valence electrons. The lowest BCUT2D eigenvalue weighted by molar-refractivity contribution is 0.102. The van der Waals surface area contributed by atoms with E-state index in [0.717, 1.165) is 0 Å². The Bertz CT molecular complexity index is 1040. The Labute approximate surface area is 165 Å². The number of nitrogens with zero attached hydrogens (tertiary/aromatic N) is 1. The Morgan fingerprint density at radius 3 is 2.44 bits per heavy atom. The van der Waals surface area contributed by atoms with Crippen LogP contribution in [0.15, 0.2) is 60.7 Å². The van der Waals surface area contributed by atoms with Gasteiger partial charge in [0.1, 0.15) is 17.2 Å². The third-order valence-corrected chi connectivity index (χ3v) is 4.15. The zero-order chi connectivity index (χ0) is 19.4. The smallest absolute Gasteiger partial charge is 0.259 e. The normalized spacial score (nSPS) is 10.1. The van der Waals surface area contributed by atoms with E-state index in [2.05, 4.69) is 5.32 Å². The highest BCUT2D eigenvalue weighted by Gasteiger charge is 2.13. The van der Waals surface area contributed by atoms with Crippen LogP contribution in [0.3, 0.4) is 0 Å². The van der Waals surface area contributed by atoms with Crippen LogP contribution in [0, 0.1) is 11.3 Å². The zero-order valence-electron chi connectivity index (χ0n) is 13.7. The predicted molar refractivity (Wildman–Crippen MR) is 104 cm³/mol. The number of nitrogens with one attached hydrogen (secondary N) is 1. The van der Waals surface area contributed by atoms with Crippen molar-refractivity contribution in [1.82, 2.24) is 0 Å². The quantitative estimate of drug-likeness (QED) is 0.597. The maximum atomic E-state index is 12.4. The van der Waals surface area contributed by atoms with Crippen LogP contribution in [-0.4, -0.2) is 11.0 Å². The molecule has 0 aliphatic carbocycles. The van der Waals surface area contributed by atoms with Crippen LogP contribution in [0.5, 0.6) is 17.2 Å². The molecule has 0 spiro atoms. The summed E-state index contributed by atoms with van der Waals surface area (Å²) in [6.45, 7) is 0. The van der Waals surface area contributed by atoms with Crippen molar-refractivity contribution in [1.29, 1.82) is 5.26 Å². The molecule has 0 atom stereocenters. The van der Waals surface area contributed by atoms with E-state index in [4.69, 9.17) is 33.2 Å². The van der Waals surface area contributed by atoms with E-state index in [1.54, 1.807) is 36.4 Å². The number of hydrogen-bond acceptors (Lipinski definition) is 4. The number of hydrogen-bond donors (Lipinski definition) is 2. The van der Waals surface area contributed by atoms with Crippen LogP contribution in [0.4, 0.5) is 5.69 Å². The molecule has 0 aliphatic rings. The number of anilines is 1. The molecule has 1 amide bonds. The fourth-order valence-corrected chi connectivity index (χ4v) is 2.62. The van der Waals surface area contributed by atoms with E-state index in [1.807, 2.05) is 6.07 Å². The lowest BCUT2D eigenvalue weighted by Crippen LogP contribution is -2.12. The highest BCUT2D eigenvalue weighted by molar-refractivity contribution is 6.32. The maximum Gasteiger partial charge on any atom is 0.259 e. The van der Waals surface area contributed by atoms with Crippen molar-refractivity contribution in [3.05, 3.63) is 81.8 Å². The molecule has 0 fully saturated rings. The molecule has 5 nitrogen and oxygen atoms in total. The van der Waals surface area contributed by atoms with Crippen molar-refractivity contribution in [2.45, 2.75) is 0 Å². The molecule has 0 aromatic heterocycles. The molecule has 0 radical (unpaired) electrons. The van der Waals surface area contributed by atoms with Gasteiger partial charge < -0.3 is 15.2 Å². The van der Waals surface area contributed by atoms with Crippen LogP contribution in [0.25, 0.3) is 0 Å². The Morgan fingerprint density at radius 2 is 1.78 bits per heavy atom. The summed E-state index contributed by atoms with van der Waals surface area (Å²) in [6.07, 6.45) is 0. The van der Waals surface area contributed by atoms with Gasteiger partial charge in [0.15, 0.2) is 0 Å². The molecule has 0 aliphatic heterocycles. The molecule has 3 rings (SSSR count). The van der Waals surface area contributed by atoms with Crippen LogP contribution in [0.2, 0.25) is 10.0 Å². The zero-order valence-corrected chi connectivity index (χ0v) is 15.3. The molecule has 2 N–H and O–H groups in total. The number of nitriles is 1. The number of carbonyl (C=O) groups excluding carboxylic acids is 1. The van der Waals surface area contributed by atoms with Gasteiger partial charge >= 0.3 is 0 Å². The van der Waals surface area contributed by atoms with Gasteiger partial charge in [-0.05, 0) is 60.7 Å². The van der Waals surface area contributed by atoms with Crippen LogP contribution >= 0.6 is 23.2 Å². The van der Waals surface area contributed by atoms with Gasteiger partial charge in [0.05, 0.1) is 22.2 Å². The Morgan fingerprint density at radius 1 is 1.04 bits per heavy atom. The molecule has 0 saturated heterocycles. The van der Waals surface area contributed by atoms with Gasteiger partial charge in [0.2, 0.25) is 0 Å². The van der Waals surface area contributed by atoms with E-state index in [9.17, 15) is 9.90 Å². The number of benzene rings is 3. The molecule has 0 unspecified atom stereocenters. The fourth-order valence-electron chi connectivity index (χ4n) is 2.28. The lowest BCUT2D eigenvalue weighted by atomic mass is 10.1. The van der Waals surface area contributed by atoms with Crippen molar-refractivity contribution in [2.24, 2.45) is 0 Å². The second-order valence-electron chi connectivity index (χ2n) is 5.50. The summed E-state index contributed by atoms with van der Waals surface area (Å²) in [5.74, 6) is 0.190. The molecular weight excluding hydrogens is 387 g/mol. The summed E-state index contributed by atoms with van der Waals surface area (Å²) in [6, 6.07) is 17.5. The fraction of sp³-hybridized carbons (Fsp3) is 0. The topological polar surface area (TPSA) is 82.3 Å². The summed E-state index contributed by atoms with van der Waals surface area (Å²) in [4.78, 5) is 12.4. The largest absolute Gasteiger partial charge is 0.507 e. The van der Waals surface area contributed by atoms with Gasteiger partial charge in [-0.15, -0.1) is 0 Å². The Kier molecular flexibility index (Phi) is 5.51. The molecule has 7 heteroatoms.